The SMILES string of the molecule is CCCCc1[nH]nc2c1C(c1cc(OC)cc(OC)c1)C(C#N)=C(N)O2. The van der Waals surface area contributed by atoms with Crippen molar-refractivity contribution in [2.45, 2.75) is 32.1 Å². The molecule has 1 aliphatic rings. The van der Waals surface area contributed by atoms with Crippen molar-refractivity contribution < 1.29 is 14.2 Å². The molecule has 0 amide bonds. The summed E-state index contributed by atoms with van der Waals surface area (Å²) in [6.45, 7) is 2.13. The lowest BCUT2D eigenvalue weighted by Gasteiger charge is -2.24. The van der Waals surface area contributed by atoms with Crippen LogP contribution in [-0.2, 0) is 6.42 Å². The average molecular weight is 354 g/mol. The maximum absolute atomic E-state index is 9.72. The number of benzene rings is 1. The molecule has 1 aromatic heterocycles. The lowest BCUT2D eigenvalue weighted by molar-refractivity contribution is 0.376. The number of aromatic amines is 1. The highest BCUT2D eigenvalue weighted by atomic mass is 16.5. The van der Waals surface area contributed by atoms with Crippen molar-refractivity contribution in [3.05, 3.63) is 46.5 Å². The molecule has 0 fully saturated rings. The summed E-state index contributed by atoms with van der Waals surface area (Å²) in [5.74, 6) is 1.38. The molecule has 26 heavy (non-hydrogen) atoms. The van der Waals surface area contributed by atoms with Crippen LogP contribution in [0.5, 0.6) is 17.4 Å². The van der Waals surface area contributed by atoms with Gasteiger partial charge in [-0.05, 0) is 30.5 Å². The predicted molar refractivity (Wildman–Crippen MR) is 96.0 cm³/mol. The zero-order valence-corrected chi connectivity index (χ0v) is 15.1. The minimum Gasteiger partial charge on any atom is -0.497 e. The number of nitriles is 1. The maximum atomic E-state index is 9.72. The molecule has 136 valence electrons. The van der Waals surface area contributed by atoms with Gasteiger partial charge in [-0.2, -0.15) is 5.26 Å². The van der Waals surface area contributed by atoms with Gasteiger partial charge in [0.15, 0.2) is 0 Å². The highest BCUT2D eigenvalue weighted by Gasteiger charge is 2.35. The second-order valence-electron chi connectivity index (χ2n) is 6.10. The summed E-state index contributed by atoms with van der Waals surface area (Å²) >= 11 is 0. The van der Waals surface area contributed by atoms with Crippen molar-refractivity contribution in [2.75, 3.05) is 14.2 Å². The van der Waals surface area contributed by atoms with Crippen molar-refractivity contribution in [3.8, 4) is 23.4 Å². The Morgan fingerprint density at radius 3 is 2.54 bits per heavy atom. The number of hydrogen-bond donors (Lipinski definition) is 2. The van der Waals surface area contributed by atoms with E-state index in [1.807, 2.05) is 12.1 Å². The first-order valence-electron chi connectivity index (χ1n) is 8.50. The minimum absolute atomic E-state index is 0.0697. The van der Waals surface area contributed by atoms with Gasteiger partial charge >= 0.3 is 0 Å². The highest BCUT2D eigenvalue weighted by Crippen LogP contribution is 2.44. The second kappa shape index (κ2) is 7.40. The van der Waals surface area contributed by atoms with E-state index in [0.717, 1.165) is 36.1 Å². The van der Waals surface area contributed by atoms with Crippen molar-refractivity contribution in [3.63, 3.8) is 0 Å². The van der Waals surface area contributed by atoms with E-state index in [1.165, 1.54) is 0 Å². The Bertz CT molecular complexity index is 857. The van der Waals surface area contributed by atoms with E-state index in [0.29, 0.717) is 23.0 Å². The van der Waals surface area contributed by atoms with Gasteiger partial charge in [0.25, 0.3) is 0 Å². The average Bonchev–Trinajstić information content (AvgIpc) is 3.06. The lowest BCUT2D eigenvalue weighted by atomic mass is 9.83. The Labute approximate surface area is 152 Å². The molecule has 1 unspecified atom stereocenters. The number of rotatable bonds is 6. The summed E-state index contributed by atoms with van der Waals surface area (Å²) in [5.41, 5.74) is 8.99. The normalized spacial score (nSPS) is 15.8. The molecule has 2 heterocycles. The van der Waals surface area contributed by atoms with Crippen LogP contribution in [0.25, 0.3) is 0 Å². The molecule has 2 aromatic rings. The van der Waals surface area contributed by atoms with Crippen LogP contribution in [-0.4, -0.2) is 24.4 Å². The lowest BCUT2D eigenvalue weighted by Crippen LogP contribution is -2.21. The first-order chi connectivity index (χ1) is 12.6. The summed E-state index contributed by atoms with van der Waals surface area (Å²) < 4.78 is 16.4. The van der Waals surface area contributed by atoms with E-state index in [9.17, 15) is 5.26 Å². The number of H-pyrrole nitrogens is 1. The number of nitrogens with two attached hydrogens (primary N) is 1. The third-order valence-electron chi connectivity index (χ3n) is 4.51. The first-order valence-corrected chi connectivity index (χ1v) is 8.50. The molecular weight excluding hydrogens is 332 g/mol. The number of aryl methyl sites for hydroxylation is 1. The minimum atomic E-state index is -0.390. The standard InChI is InChI=1S/C19H22N4O3/c1-4-5-6-15-17-16(11-7-12(24-2)9-13(8-11)25-3)14(10-20)18(21)26-19(17)23-22-15/h7-9,16H,4-6,21H2,1-3H3,(H,22,23). The van der Waals surface area contributed by atoms with Gasteiger partial charge in [0.05, 0.1) is 20.1 Å². The zero-order valence-electron chi connectivity index (χ0n) is 15.1. The molecule has 7 heteroatoms. The van der Waals surface area contributed by atoms with E-state index >= 15 is 0 Å². The fraction of sp³-hybridized carbons (Fsp3) is 0.368. The van der Waals surface area contributed by atoms with Crippen LogP contribution in [0, 0.1) is 11.3 Å². The van der Waals surface area contributed by atoms with Crippen molar-refractivity contribution in [1.82, 2.24) is 10.2 Å². The molecule has 3 rings (SSSR count). The Kier molecular flexibility index (Phi) is 5.03. The zero-order chi connectivity index (χ0) is 18.7. The van der Waals surface area contributed by atoms with Crippen LogP contribution in [0.2, 0.25) is 0 Å². The quantitative estimate of drug-likeness (QED) is 0.826. The van der Waals surface area contributed by atoms with Gasteiger partial charge in [-0.15, -0.1) is 5.10 Å². The number of nitrogens with one attached hydrogen (secondary N) is 1. The van der Waals surface area contributed by atoms with Crippen LogP contribution in [0.1, 0.15) is 42.5 Å². The fourth-order valence-corrected chi connectivity index (χ4v) is 3.18. The fourth-order valence-electron chi connectivity index (χ4n) is 3.18. The van der Waals surface area contributed by atoms with E-state index in [4.69, 9.17) is 19.9 Å². The number of ether oxygens (including phenoxy) is 3. The number of methoxy groups -OCH3 is 2. The molecule has 0 saturated carbocycles. The molecule has 0 spiro atoms. The number of fused-ring (bicyclic) bond motifs is 1. The maximum Gasteiger partial charge on any atom is 0.244 e. The van der Waals surface area contributed by atoms with Crippen LogP contribution < -0.4 is 19.9 Å². The van der Waals surface area contributed by atoms with Crippen LogP contribution >= 0.6 is 0 Å². The topological polar surface area (TPSA) is 106 Å². The molecule has 0 saturated heterocycles. The molecule has 1 atom stereocenters. The third-order valence-corrected chi connectivity index (χ3v) is 4.51. The van der Waals surface area contributed by atoms with Crippen molar-refractivity contribution in [1.29, 1.82) is 5.26 Å². The van der Waals surface area contributed by atoms with Crippen LogP contribution in [0.15, 0.2) is 29.7 Å². The van der Waals surface area contributed by atoms with Gasteiger partial charge < -0.3 is 19.9 Å². The first kappa shape index (κ1) is 17.7. The Morgan fingerprint density at radius 1 is 1.27 bits per heavy atom. The number of nitrogens with zero attached hydrogens (tertiary/aromatic N) is 2. The molecule has 3 N–H and O–H groups in total. The molecular formula is C19H22N4O3. The largest absolute Gasteiger partial charge is 0.497 e. The van der Waals surface area contributed by atoms with E-state index in [1.54, 1.807) is 20.3 Å². The molecule has 0 bridgehead atoms. The number of hydrogen-bond acceptors (Lipinski definition) is 6. The van der Waals surface area contributed by atoms with Crippen molar-refractivity contribution in [2.24, 2.45) is 5.73 Å². The van der Waals surface area contributed by atoms with E-state index in [-0.39, 0.29) is 5.88 Å². The molecule has 1 aromatic carbocycles. The van der Waals surface area contributed by atoms with Gasteiger partial charge in [-0.1, -0.05) is 13.3 Å². The number of allylic oxidation sites excluding steroid dienone is 1. The molecule has 0 radical (unpaired) electrons. The summed E-state index contributed by atoms with van der Waals surface area (Å²) in [6.07, 6.45) is 2.87. The van der Waals surface area contributed by atoms with E-state index < -0.39 is 5.92 Å². The summed E-state index contributed by atoms with van der Waals surface area (Å²) in [7, 11) is 3.18. The second-order valence-corrected chi connectivity index (χ2v) is 6.10. The van der Waals surface area contributed by atoms with Gasteiger partial charge in [-0.25, -0.2) is 0 Å². The third kappa shape index (κ3) is 3.06. The summed E-state index contributed by atoms with van der Waals surface area (Å²) in [6, 6.07) is 7.74. The van der Waals surface area contributed by atoms with Crippen LogP contribution in [0.3, 0.4) is 0 Å². The Balaban J connectivity index is 2.19. The van der Waals surface area contributed by atoms with Gasteiger partial charge in [0.2, 0.25) is 11.8 Å². The van der Waals surface area contributed by atoms with Gasteiger partial charge in [0.1, 0.15) is 23.1 Å². The molecule has 1 aliphatic heterocycles. The van der Waals surface area contributed by atoms with Gasteiger partial charge in [-0.3, -0.25) is 5.10 Å². The Hall–Kier alpha value is -3.14. The predicted octanol–water partition coefficient (Wildman–Crippen LogP) is 2.99. The molecule has 7 nitrogen and oxygen atoms in total. The van der Waals surface area contributed by atoms with E-state index in [2.05, 4.69) is 23.2 Å². The summed E-state index contributed by atoms with van der Waals surface area (Å²) in [5, 5.41) is 17.0. The van der Waals surface area contributed by atoms with Crippen LogP contribution in [0.4, 0.5) is 0 Å². The number of unbranched alkanes of at least 4 members (excludes halogenated alkanes) is 1. The van der Waals surface area contributed by atoms with Crippen molar-refractivity contribution >= 4 is 0 Å². The molecule has 0 aliphatic carbocycles. The summed E-state index contributed by atoms with van der Waals surface area (Å²) in [4.78, 5) is 0. The highest BCUT2D eigenvalue weighted by molar-refractivity contribution is 5.57. The number of aromatic nitrogens is 2. The smallest absolute Gasteiger partial charge is 0.244 e. The monoisotopic (exact) mass is 354 g/mol. The van der Waals surface area contributed by atoms with Gasteiger partial charge in [0, 0.05) is 17.3 Å². The Morgan fingerprint density at radius 2 is 1.96 bits per heavy atom.